The van der Waals surface area contributed by atoms with Gasteiger partial charge in [-0.15, -0.1) is 16.4 Å². The fraction of sp³-hybridized carbons (Fsp3) is 0.455. The highest BCUT2D eigenvalue weighted by Gasteiger charge is 2.27. The fourth-order valence-electron chi connectivity index (χ4n) is 2.31. The molecule has 21 heavy (non-hydrogen) atoms. The van der Waals surface area contributed by atoms with Gasteiger partial charge in [-0.25, -0.2) is 13.4 Å². The molecule has 0 bridgehead atoms. The summed E-state index contributed by atoms with van der Waals surface area (Å²) in [4.78, 5) is 4.15. The Bertz CT molecular complexity index is 731. The lowest BCUT2D eigenvalue weighted by Gasteiger charge is -2.11. The van der Waals surface area contributed by atoms with E-state index in [0.29, 0.717) is 10.9 Å². The number of anilines is 2. The van der Waals surface area contributed by atoms with Crippen LogP contribution < -0.4 is 16.4 Å². The molecular weight excluding hydrogens is 312 g/mol. The molecule has 1 aliphatic heterocycles. The van der Waals surface area contributed by atoms with Crippen molar-refractivity contribution in [3.63, 3.8) is 0 Å². The van der Waals surface area contributed by atoms with E-state index in [4.69, 9.17) is 5.73 Å². The Morgan fingerprint density at radius 2 is 2.38 bits per heavy atom. The number of nitrogen functional groups attached to an aromatic ring is 1. The van der Waals surface area contributed by atoms with E-state index >= 15 is 0 Å². The van der Waals surface area contributed by atoms with Gasteiger partial charge in [-0.3, -0.25) is 0 Å². The molecule has 2 aromatic heterocycles. The molecule has 0 aromatic carbocycles. The molecule has 10 heteroatoms. The van der Waals surface area contributed by atoms with E-state index in [1.165, 1.54) is 16.0 Å². The molecule has 1 fully saturated rings. The molecule has 3 heterocycles. The maximum absolute atomic E-state index is 12.0. The van der Waals surface area contributed by atoms with Gasteiger partial charge in [-0.2, -0.15) is 4.68 Å². The first kappa shape index (κ1) is 14.3. The molecule has 0 spiro atoms. The van der Waals surface area contributed by atoms with Crippen molar-refractivity contribution in [2.24, 2.45) is 0 Å². The van der Waals surface area contributed by atoms with Crippen molar-refractivity contribution in [3.05, 3.63) is 11.6 Å². The molecule has 4 N–H and O–H groups in total. The molecule has 0 radical (unpaired) electrons. The average molecular weight is 328 g/mol. The normalized spacial score (nSPS) is 19.0. The third kappa shape index (κ3) is 2.74. The van der Waals surface area contributed by atoms with Crippen molar-refractivity contribution in [2.75, 3.05) is 30.4 Å². The molecule has 114 valence electrons. The Morgan fingerprint density at radius 3 is 2.95 bits per heavy atom. The van der Waals surface area contributed by atoms with Crippen molar-refractivity contribution in [1.82, 2.24) is 20.1 Å². The summed E-state index contributed by atoms with van der Waals surface area (Å²) >= 11 is 1.34. The van der Waals surface area contributed by atoms with Crippen LogP contribution in [0.4, 0.5) is 11.6 Å². The van der Waals surface area contributed by atoms with E-state index in [9.17, 15) is 8.42 Å². The van der Waals surface area contributed by atoms with Gasteiger partial charge in [0.1, 0.15) is 0 Å². The van der Waals surface area contributed by atoms with Crippen molar-refractivity contribution < 1.29 is 8.42 Å². The van der Waals surface area contributed by atoms with Gasteiger partial charge in [-0.1, -0.05) is 0 Å². The fourth-order valence-corrected chi connectivity index (χ4v) is 3.84. The molecule has 0 saturated carbocycles. The first-order valence-corrected chi connectivity index (χ1v) is 9.19. The molecule has 8 nitrogen and oxygen atoms in total. The van der Waals surface area contributed by atoms with Crippen molar-refractivity contribution in [1.29, 1.82) is 0 Å². The Kier molecular flexibility index (Phi) is 3.59. The summed E-state index contributed by atoms with van der Waals surface area (Å²) < 4.78 is 25.4. The second-order valence-electron chi connectivity index (χ2n) is 4.90. The molecule has 0 aliphatic carbocycles. The molecule has 1 atom stereocenters. The van der Waals surface area contributed by atoms with Gasteiger partial charge in [0.25, 0.3) is 0 Å². The second-order valence-corrected chi connectivity index (χ2v) is 7.72. The maximum Gasteiger partial charge on any atom is 0.212 e. The lowest BCUT2D eigenvalue weighted by molar-refractivity contribution is 0.602. The summed E-state index contributed by atoms with van der Waals surface area (Å²) in [7, 11) is -3.49. The molecule has 1 aliphatic rings. The van der Waals surface area contributed by atoms with Crippen LogP contribution in [0.1, 0.15) is 6.42 Å². The summed E-state index contributed by atoms with van der Waals surface area (Å²) in [6, 6.07) is 0.143. The lowest BCUT2D eigenvalue weighted by Crippen LogP contribution is -2.23. The number of nitrogens with one attached hydrogen (secondary N) is 2. The van der Waals surface area contributed by atoms with E-state index in [1.54, 1.807) is 11.6 Å². The SMILES string of the molecule is CS(=O)(=O)c1c(NC2CCNC2)nn(-c2nccs2)c1N. The van der Waals surface area contributed by atoms with Crippen LogP contribution in [0.2, 0.25) is 0 Å². The van der Waals surface area contributed by atoms with E-state index in [-0.39, 0.29) is 16.8 Å². The zero-order valence-electron chi connectivity index (χ0n) is 11.4. The highest BCUT2D eigenvalue weighted by molar-refractivity contribution is 7.91. The minimum atomic E-state index is -3.49. The van der Waals surface area contributed by atoms with Gasteiger partial charge in [0.05, 0.1) is 0 Å². The Labute approximate surface area is 126 Å². The molecule has 0 amide bonds. The zero-order valence-corrected chi connectivity index (χ0v) is 13.0. The molecular formula is C11H16N6O2S2. The minimum absolute atomic E-state index is 0.0320. The summed E-state index contributed by atoms with van der Waals surface area (Å²) in [6.45, 7) is 1.67. The quantitative estimate of drug-likeness (QED) is 0.728. The summed E-state index contributed by atoms with van der Waals surface area (Å²) in [5, 5.41) is 13.0. The van der Waals surface area contributed by atoms with E-state index in [2.05, 4.69) is 20.7 Å². The molecule has 3 rings (SSSR count). The van der Waals surface area contributed by atoms with Gasteiger partial charge in [-0.05, 0) is 13.0 Å². The van der Waals surface area contributed by atoms with Crippen LogP contribution in [-0.2, 0) is 9.84 Å². The summed E-state index contributed by atoms with van der Waals surface area (Å²) in [6.07, 6.45) is 3.66. The number of hydrogen-bond donors (Lipinski definition) is 3. The van der Waals surface area contributed by atoms with Gasteiger partial charge >= 0.3 is 0 Å². The van der Waals surface area contributed by atoms with Crippen LogP contribution in [0.25, 0.3) is 5.13 Å². The van der Waals surface area contributed by atoms with Gasteiger partial charge in [0, 0.05) is 30.4 Å². The number of thiazole rings is 1. The maximum atomic E-state index is 12.0. The topological polar surface area (TPSA) is 115 Å². The van der Waals surface area contributed by atoms with E-state index in [0.717, 1.165) is 25.8 Å². The Hall–Kier alpha value is -1.65. The monoisotopic (exact) mass is 328 g/mol. The number of sulfone groups is 1. The summed E-state index contributed by atoms with van der Waals surface area (Å²) in [5.74, 6) is 0.375. The zero-order chi connectivity index (χ0) is 15.0. The van der Waals surface area contributed by atoms with Crippen LogP contribution >= 0.6 is 11.3 Å². The van der Waals surface area contributed by atoms with Gasteiger partial charge < -0.3 is 16.4 Å². The third-order valence-corrected chi connectivity index (χ3v) is 5.14. The Balaban J connectivity index is 2.07. The predicted molar refractivity (Wildman–Crippen MR) is 81.7 cm³/mol. The lowest BCUT2D eigenvalue weighted by atomic mass is 10.2. The second kappa shape index (κ2) is 5.28. The minimum Gasteiger partial charge on any atom is -0.382 e. The number of hydrogen-bond acceptors (Lipinski definition) is 8. The van der Waals surface area contributed by atoms with Crippen molar-refractivity contribution in [3.8, 4) is 5.13 Å². The molecule has 1 unspecified atom stereocenters. The van der Waals surface area contributed by atoms with Crippen LogP contribution in [0.3, 0.4) is 0 Å². The number of aromatic nitrogens is 3. The van der Waals surface area contributed by atoms with Crippen LogP contribution in [0.5, 0.6) is 0 Å². The average Bonchev–Trinajstić information content (AvgIpc) is 3.09. The first-order valence-electron chi connectivity index (χ1n) is 6.42. The van der Waals surface area contributed by atoms with Crippen LogP contribution in [0, 0.1) is 0 Å². The standard InChI is InChI=1S/C11H16N6O2S2/c1-21(18,19)8-9(12)17(11-14-4-5-20-11)16-10(8)15-7-2-3-13-6-7/h4-5,7,13H,2-3,6,12H2,1H3,(H,15,16). The highest BCUT2D eigenvalue weighted by Crippen LogP contribution is 2.30. The van der Waals surface area contributed by atoms with Crippen LogP contribution in [-0.4, -0.2) is 48.6 Å². The smallest absolute Gasteiger partial charge is 0.212 e. The van der Waals surface area contributed by atoms with Gasteiger partial charge in [0.15, 0.2) is 26.4 Å². The van der Waals surface area contributed by atoms with E-state index in [1.807, 2.05) is 0 Å². The van der Waals surface area contributed by atoms with Crippen molar-refractivity contribution >= 4 is 32.8 Å². The highest BCUT2D eigenvalue weighted by atomic mass is 32.2. The number of rotatable bonds is 4. The van der Waals surface area contributed by atoms with E-state index < -0.39 is 9.84 Å². The van der Waals surface area contributed by atoms with Gasteiger partial charge in [0.2, 0.25) is 5.13 Å². The molecule has 1 saturated heterocycles. The summed E-state index contributed by atoms with van der Waals surface area (Å²) in [5.41, 5.74) is 5.99. The predicted octanol–water partition coefficient (Wildman–Crippen LogP) is 0.0883. The first-order chi connectivity index (χ1) is 9.97. The largest absolute Gasteiger partial charge is 0.382 e. The molecule has 2 aromatic rings. The Morgan fingerprint density at radius 1 is 1.57 bits per heavy atom. The number of nitrogens with two attached hydrogens (primary N) is 1. The van der Waals surface area contributed by atoms with Crippen LogP contribution in [0.15, 0.2) is 16.5 Å². The van der Waals surface area contributed by atoms with Crippen molar-refractivity contribution in [2.45, 2.75) is 17.4 Å². The third-order valence-electron chi connectivity index (χ3n) is 3.25. The number of nitrogens with zero attached hydrogens (tertiary/aromatic N) is 3.